The number of fused-ring (bicyclic) bond motifs is 1. The van der Waals surface area contributed by atoms with Crippen LogP contribution in [0.3, 0.4) is 0 Å². The van der Waals surface area contributed by atoms with Crippen molar-refractivity contribution in [3.8, 4) is 22.1 Å². The summed E-state index contributed by atoms with van der Waals surface area (Å²) in [5, 5.41) is 6.51. The molecule has 3 heterocycles. The zero-order chi connectivity index (χ0) is 18.8. The van der Waals surface area contributed by atoms with Crippen molar-refractivity contribution in [2.45, 2.75) is 0 Å². The van der Waals surface area contributed by atoms with Gasteiger partial charge < -0.3 is 14.8 Å². The Kier molecular flexibility index (Phi) is 4.74. The predicted molar refractivity (Wildman–Crippen MR) is 108 cm³/mol. The molecule has 0 aliphatic rings. The van der Waals surface area contributed by atoms with E-state index in [0.29, 0.717) is 17.1 Å². The van der Waals surface area contributed by atoms with Crippen molar-refractivity contribution in [2.75, 3.05) is 19.5 Å². The molecule has 4 rings (SSSR count). The van der Waals surface area contributed by atoms with E-state index in [0.717, 1.165) is 25.8 Å². The van der Waals surface area contributed by atoms with Gasteiger partial charge in [-0.05, 0) is 35.7 Å². The normalized spacial score (nSPS) is 10.7. The molecule has 27 heavy (non-hydrogen) atoms. The van der Waals surface area contributed by atoms with Gasteiger partial charge in [0.1, 0.15) is 10.0 Å². The minimum absolute atomic E-state index is 0.220. The number of benzene rings is 1. The molecule has 4 aromatic rings. The molecule has 8 heteroatoms. The van der Waals surface area contributed by atoms with E-state index in [1.54, 1.807) is 56.1 Å². The zero-order valence-corrected chi connectivity index (χ0v) is 16.2. The predicted octanol–water partition coefficient (Wildman–Crippen LogP) is 4.69. The lowest BCUT2D eigenvalue weighted by Gasteiger charge is -2.10. The first-order valence-electron chi connectivity index (χ1n) is 8.01. The summed E-state index contributed by atoms with van der Waals surface area (Å²) >= 11 is 3.01. The summed E-state index contributed by atoms with van der Waals surface area (Å²) in [7, 11) is 3.10. The number of aromatic nitrogens is 2. The maximum atomic E-state index is 12.7. The highest BCUT2D eigenvalue weighted by atomic mass is 32.1. The van der Waals surface area contributed by atoms with Crippen molar-refractivity contribution in [1.29, 1.82) is 0 Å². The number of methoxy groups -OCH3 is 2. The first-order valence-corrected chi connectivity index (χ1v) is 9.71. The third-order valence-electron chi connectivity index (χ3n) is 3.96. The van der Waals surface area contributed by atoms with Crippen LogP contribution in [0.15, 0.2) is 48.1 Å². The number of pyridine rings is 1. The number of anilines is 1. The van der Waals surface area contributed by atoms with E-state index in [1.165, 1.54) is 11.3 Å². The fourth-order valence-electron chi connectivity index (χ4n) is 2.62. The Bertz CT molecular complexity index is 1090. The van der Waals surface area contributed by atoms with Crippen LogP contribution in [0.5, 0.6) is 11.5 Å². The van der Waals surface area contributed by atoms with Gasteiger partial charge in [0.05, 0.1) is 24.4 Å². The van der Waals surface area contributed by atoms with E-state index >= 15 is 0 Å². The van der Waals surface area contributed by atoms with Crippen molar-refractivity contribution < 1.29 is 14.3 Å². The smallest absolute Gasteiger partial charge is 0.256 e. The monoisotopic (exact) mass is 397 g/mol. The molecule has 3 aromatic heterocycles. The molecule has 0 atom stereocenters. The largest absolute Gasteiger partial charge is 0.493 e. The van der Waals surface area contributed by atoms with E-state index in [2.05, 4.69) is 15.3 Å². The van der Waals surface area contributed by atoms with Gasteiger partial charge in [0.2, 0.25) is 0 Å². The molecular formula is C19H15N3O3S2. The van der Waals surface area contributed by atoms with E-state index in [9.17, 15) is 4.79 Å². The number of nitrogens with zero attached hydrogens (tertiary/aromatic N) is 2. The molecular weight excluding hydrogens is 382 g/mol. The van der Waals surface area contributed by atoms with Crippen LogP contribution in [0.2, 0.25) is 0 Å². The van der Waals surface area contributed by atoms with Crippen molar-refractivity contribution in [3.05, 3.63) is 53.7 Å². The van der Waals surface area contributed by atoms with Crippen LogP contribution in [-0.2, 0) is 0 Å². The molecule has 6 nitrogen and oxygen atoms in total. The molecule has 0 saturated heterocycles. The number of carbonyl (C=O) groups is 1. The molecule has 136 valence electrons. The Morgan fingerprint density at radius 2 is 1.96 bits per heavy atom. The number of rotatable bonds is 5. The fraction of sp³-hybridized carbons (Fsp3) is 0.105. The molecule has 1 N–H and O–H groups in total. The van der Waals surface area contributed by atoms with Crippen LogP contribution in [-0.4, -0.2) is 30.1 Å². The topological polar surface area (TPSA) is 73.3 Å². The van der Waals surface area contributed by atoms with E-state index in [4.69, 9.17) is 9.47 Å². The summed E-state index contributed by atoms with van der Waals surface area (Å²) in [6.45, 7) is 0. The van der Waals surface area contributed by atoms with Gasteiger partial charge in [0, 0.05) is 23.5 Å². The van der Waals surface area contributed by atoms with Crippen LogP contribution in [0.25, 0.3) is 20.8 Å². The van der Waals surface area contributed by atoms with Gasteiger partial charge in [0.15, 0.2) is 11.5 Å². The molecule has 0 radical (unpaired) electrons. The first kappa shape index (κ1) is 17.4. The molecule has 0 aliphatic carbocycles. The van der Waals surface area contributed by atoms with Crippen LogP contribution < -0.4 is 14.8 Å². The first-order chi connectivity index (χ1) is 13.2. The quantitative estimate of drug-likeness (QED) is 0.529. The maximum Gasteiger partial charge on any atom is 0.256 e. The van der Waals surface area contributed by atoms with Gasteiger partial charge in [-0.25, -0.2) is 4.98 Å². The summed E-state index contributed by atoms with van der Waals surface area (Å²) in [5.74, 6) is 0.867. The van der Waals surface area contributed by atoms with Crippen LogP contribution >= 0.6 is 22.7 Å². The Hall–Kier alpha value is -2.97. The zero-order valence-electron chi connectivity index (χ0n) is 14.6. The van der Waals surface area contributed by atoms with Gasteiger partial charge in [-0.2, -0.15) is 0 Å². The molecule has 0 aliphatic heterocycles. The second kappa shape index (κ2) is 7.34. The van der Waals surface area contributed by atoms with Gasteiger partial charge in [0.25, 0.3) is 5.91 Å². The summed E-state index contributed by atoms with van der Waals surface area (Å²) < 4.78 is 11.5. The number of hydrogen-bond acceptors (Lipinski definition) is 7. The van der Waals surface area contributed by atoms with Crippen molar-refractivity contribution >= 4 is 43.8 Å². The summed E-state index contributed by atoms with van der Waals surface area (Å²) in [5.41, 5.74) is 2.28. The maximum absolute atomic E-state index is 12.7. The lowest BCUT2D eigenvalue weighted by molar-refractivity contribution is 0.102. The minimum atomic E-state index is -0.220. The highest BCUT2D eigenvalue weighted by Crippen LogP contribution is 2.38. The van der Waals surface area contributed by atoms with Gasteiger partial charge in [-0.15, -0.1) is 22.7 Å². The standard InChI is InChI=1S/C19H15N3O3S2/c1-24-14-4-3-11(9-15(14)25-2)17(23)22-18-12(6-8-26-18)19-21-13-5-7-20-10-16(13)27-19/h3-10H,1-2H3,(H,22,23). The van der Waals surface area contributed by atoms with Gasteiger partial charge in [-0.1, -0.05) is 0 Å². The lowest BCUT2D eigenvalue weighted by atomic mass is 10.2. The third-order valence-corrected chi connectivity index (χ3v) is 5.83. The SMILES string of the molecule is COc1ccc(C(=O)Nc2sccc2-c2nc3ccncc3s2)cc1OC. The summed E-state index contributed by atoms with van der Waals surface area (Å²) in [6, 6.07) is 8.91. The van der Waals surface area contributed by atoms with Crippen molar-refractivity contribution in [2.24, 2.45) is 0 Å². The highest BCUT2D eigenvalue weighted by molar-refractivity contribution is 7.22. The fourth-order valence-corrected chi connectivity index (χ4v) is 4.43. The van der Waals surface area contributed by atoms with Gasteiger partial charge >= 0.3 is 0 Å². The molecule has 1 aromatic carbocycles. The molecule has 0 spiro atoms. The number of thiophene rings is 1. The number of hydrogen-bond donors (Lipinski definition) is 1. The molecule has 0 saturated carbocycles. The number of thiazole rings is 1. The molecule has 0 unspecified atom stereocenters. The Labute approximate surface area is 163 Å². The van der Waals surface area contributed by atoms with E-state index in [1.807, 2.05) is 17.5 Å². The van der Waals surface area contributed by atoms with E-state index in [-0.39, 0.29) is 5.91 Å². The molecule has 1 amide bonds. The number of nitrogens with one attached hydrogen (secondary N) is 1. The second-order valence-electron chi connectivity index (χ2n) is 5.55. The molecule has 0 bridgehead atoms. The summed E-state index contributed by atoms with van der Waals surface area (Å²) in [6.07, 6.45) is 3.52. The highest BCUT2D eigenvalue weighted by Gasteiger charge is 2.16. The average Bonchev–Trinajstić information content (AvgIpc) is 3.33. The number of carbonyl (C=O) groups excluding carboxylic acids is 1. The number of ether oxygens (including phenoxy) is 2. The van der Waals surface area contributed by atoms with Crippen molar-refractivity contribution in [3.63, 3.8) is 0 Å². The van der Waals surface area contributed by atoms with Gasteiger partial charge in [-0.3, -0.25) is 9.78 Å². The third kappa shape index (κ3) is 3.36. The summed E-state index contributed by atoms with van der Waals surface area (Å²) in [4.78, 5) is 21.5. The second-order valence-corrected chi connectivity index (χ2v) is 7.50. The number of amides is 1. The van der Waals surface area contributed by atoms with E-state index < -0.39 is 0 Å². The Morgan fingerprint density at radius 3 is 2.74 bits per heavy atom. The Morgan fingerprint density at radius 1 is 1.11 bits per heavy atom. The van der Waals surface area contributed by atoms with Crippen molar-refractivity contribution in [1.82, 2.24) is 9.97 Å². The van der Waals surface area contributed by atoms with Crippen LogP contribution in [0, 0.1) is 0 Å². The van der Waals surface area contributed by atoms with Crippen LogP contribution in [0.4, 0.5) is 5.00 Å². The van der Waals surface area contributed by atoms with Crippen LogP contribution in [0.1, 0.15) is 10.4 Å². The Balaban J connectivity index is 1.62. The lowest BCUT2D eigenvalue weighted by Crippen LogP contribution is -2.11. The molecule has 0 fully saturated rings. The average molecular weight is 397 g/mol. The minimum Gasteiger partial charge on any atom is -0.493 e.